The van der Waals surface area contributed by atoms with Crippen LogP contribution in [0.25, 0.3) is 0 Å². The number of carboxylic acid groups (broad SMARTS) is 1. The Morgan fingerprint density at radius 1 is 1.25 bits per heavy atom. The predicted molar refractivity (Wildman–Crippen MR) is 75.8 cm³/mol. The van der Waals surface area contributed by atoms with Crippen molar-refractivity contribution in [3.63, 3.8) is 0 Å². The van der Waals surface area contributed by atoms with Crippen LogP contribution in [0.15, 0.2) is 18.2 Å². The van der Waals surface area contributed by atoms with E-state index < -0.39 is 17.9 Å². The summed E-state index contributed by atoms with van der Waals surface area (Å²) >= 11 is 0. The molecule has 0 aromatic heterocycles. The Labute approximate surface area is 118 Å². The highest BCUT2D eigenvalue weighted by Crippen LogP contribution is 2.22. The third-order valence-electron chi connectivity index (χ3n) is 3.01. The van der Waals surface area contributed by atoms with E-state index in [2.05, 4.69) is 5.32 Å². The van der Waals surface area contributed by atoms with E-state index in [0.29, 0.717) is 5.75 Å². The van der Waals surface area contributed by atoms with Crippen molar-refractivity contribution in [3.05, 3.63) is 29.3 Å². The number of benzene rings is 1. The second kappa shape index (κ2) is 6.93. The molecule has 0 fully saturated rings. The Kier molecular flexibility index (Phi) is 5.55. The van der Waals surface area contributed by atoms with Crippen LogP contribution in [0.2, 0.25) is 0 Å². The lowest BCUT2D eigenvalue weighted by Gasteiger charge is -2.18. The van der Waals surface area contributed by atoms with Gasteiger partial charge in [-0.25, -0.2) is 4.79 Å². The molecule has 0 heterocycles. The van der Waals surface area contributed by atoms with Crippen LogP contribution in [0.3, 0.4) is 0 Å². The molecule has 0 aliphatic rings. The molecule has 1 amide bonds. The molecule has 0 aliphatic heterocycles. The molecule has 0 saturated carbocycles. The highest BCUT2D eigenvalue weighted by molar-refractivity contribution is 5.84. The van der Waals surface area contributed by atoms with Crippen molar-refractivity contribution >= 4 is 11.9 Å². The molecule has 20 heavy (non-hydrogen) atoms. The minimum atomic E-state index is -1.04. The summed E-state index contributed by atoms with van der Waals surface area (Å²) in [6.07, 6.45) is 0. The van der Waals surface area contributed by atoms with E-state index in [1.165, 1.54) is 0 Å². The molecule has 5 heteroatoms. The molecule has 5 nitrogen and oxygen atoms in total. The molecule has 0 unspecified atom stereocenters. The number of carbonyl (C=O) groups excluding carboxylic acids is 1. The van der Waals surface area contributed by atoms with E-state index in [-0.39, 0.29) is 12.5 Å². The fourth-order valence-electron chi connectivity index (χ4n) is 1.89. The van der Waals surface area contributed by atoms with E-state index in [1.807, 2.05) is 32.0 Å². The molecule has 0 bridgehead atoms. The van der Waals surface area contributed by atoms with Crippen molar-refractivity contribution in [3.8, 4) is 5.75 Å². The van der Waals surface area contributed by atoms with Crippen molar-refractivity contribution in [1.82, 2.24) is 5.32 Å². The number of nitrogens with one attached hydrogen (secondary N) is 1. The summed E-state index contributed by atoms with van der Waals surface area (Å²) in [5, 5.41) is 11.5. The van der Waals surface area contributed by atoms with E-state index >= 15 is 0 Å². The van der Waals surface area contributed by atoms with Gasteiger partial charge < -0.3 is 15.2 Å². The maximum absolute atomic E-state index is 11.8. The van der Waals surface area contributed by atoms with Gasteiger partial charge in [0.15, 0.2) is 6.61 Å². The number of para-hydroxylation sites is 1. The number of amides is 1. The summed E-state index contributed by atoms with van der Waals surface area (Å²) in [6.45, 7) is 7.09. The highest BCUT2D eigenvalue weighted by Gasteiger charge is 2.23. The molecule has 0 aliphatic carbocycles. The normalized spacial score (nSPS) is 12.1. The summed E-state index contributed by atoms with van der Waals surface area (Å²) in [7, 11) is 0. The molecule has 0 radical (unpaired) electrons. The fraction of sp³-hybridized carbons (Fsp3) is 0.467. The van der Waals surface area contributed by atoms with Crippen molar-refractivity contribution in [1.29, 1.82) is 0 Å². The van der Waals surface area contributed by atoms with Gasteiger partial charge in [0, 0.05) is 0 Å². The first-order valence-electron chi connectivity index (χ1n) is 6.54. The molecule has 1 rings (SSSR count). The molecule has 1 aromatic rings. The largest absolute Gasteiger partial charge is 0.483 e. The molecule has 0 spiro atoms. The van der Waals surface area contributed by atoms with Crippen LogP contribution in [0.4, 0.5) is 0 Å². The minimum Gasteiger partial charge on any atom is -0.483 e. The Bertz CT molecular complexity index is 476. The lowest BCUT2D eigenvalue weighted by Crippen LogP contribution is -2.46. The van der Waals surface area contributed by atoms with Crippen LogP contribution in [0.1, 0.15) is 25.0 Å². The van der Waals surface area contributed by atoms with Crippen LogP contribution in [-0.2, 0) is 9.59 Å². The number of rotatable bonds is 6. The van der Waals surface area contributed by atoms with Crippen molar-refractivity contribution in [2.24, 2.45) is 5.92 Å². The van der Waals surface area contributed by atoms with E-state index in [9.17, 15) is 9.59 Å². The van der Waals surface area contributed by atoms with Crippen LogP contribution in [0.5, 0.6) is 5.75 Å². The number of hydrogen-bond acceptors (Lipinski definition) is 3. The number of hydrogen-bond donors (Lipinski definition) is 2. The molecular formula is C15H21NO4. The van der Waals surface area contributed by atoms with E-state index in [0.717, 1.165) is 11.1 Å². The topological polar surface area (TPSA) is 75.6 Å². The maximum Gasteiger partial charge on any atom is 0.326 e. The third kappa shape index (κ3) is 4.26. The zero-order valence-electron chi connectivity index (χ0n) is 12.3. The van der Waals surface area contributed by atoms with Gasteiger partial charge in [0.2, 0.25) is 0 Å². The molecule has 1 atom stereocenters. The van der Waals surface area contributed by atoms with Gasteiger partial charge in [0.25, 0.3) is 5.91 Å². The van der Waals surface area contributed by atoms with E-state index in [4.69, 9.17) is 9.84 Å². The number of ether oxygens (including phenoxy) is 1. The molecule has 1 aromatic carbocycles. The Balaban J connectivity index is 2.62. The van der Waals surface area contributed by atoms with Gasteiger partial charge in [-0.05, 0) is 30.9 Å². The summed E-state index contributed by atoms with van der Waals surface area (Å²) in [5.74, 6) is -0.995. The Morgan fingerprint density at radius 2 is 1.80 bits per heavy atom. The highest BCUT2D eigenvalue weighted by atomic mass is 16.5. The third-order valence-corrected chi connectivity index (χ3v) is 3.01. The SMILES string of the molecule is Cc1cccc(C)c1OCC(=O)N[C@@H](C(=O)O)C(C)C. The maximum atomic E-state index is 11.8. The van der Waals surface area contributed by atoms with Crippen LogP contribution >= 0.6 is 0 Å². The first-order chi connectivity index (χ1) is 9.32. The first-order valence-corrected chi connectivity index (χ1v) is 6.54. The van der Waals surface area contributed by atoms with E-state index in [1.54, 1.807) is 13.8 Å². The summed E-state index contributed by atoms with van der Waals surface area (Å²) in [6, 6.07) is 4.81. The lowest BCUT2D eigenvalue weighted by molar-refractivity contribution is -0.143. The number of carboxylic acids is 1. The predicted octanol–water partition coefficient (Wildman–Crippen LogP) is 1.91. The van der Waals surface area contributed by atoms with Crippen molar-refractivity contribution in [2.75, 3.05) is 6.61 Å². The van der Waals surface area contributed by atoms with Gasteiger partial charge in [0.05, 0.1) is 0 Å². The smallest absolute Gasteiger partial charge is 0.326 e. The van der Waals surface area contributed by atoms with Gasteiger partial charge in [0.1, 0.15) is 11.8 Å². The standard InChI is InChI=1S/C15H21NO4/c1-9(2)13(15(18)19)16-12(17)8-20-14-10(3)6-5-7-11(14)4/h5-7,9,13H,8H2,1-4H3,(H,16,17)(H,18,19)/t13-/m1/s1. The molecule has 2 N–H and O–H groups in total. The van der Waals surface area contributed by atoms with Gasteiger partial charge in [-0.2, -0.15) is 0 Å². The second-order valence-electron chi connectivity index (χ2n) is 5.14. The number of carbonyl (C=O) groups is 2. The summed E-state index contributed by atoms with van der Waals surface area (Å²) < 4.78 is 5.48. The zero-order chi connectivity index (χ0) is 15.3. The molecule has 110 valence electrons. The Morgan fingerprint density at radius 3 is 2.25 bits per heavy atom. The van der Waals surface area contributed by atoms with Crippen molar-refractivity contribution in [2.45, 2.75) is 33.7 Å². The monoisotopic (exact) mass is 279 g/mol. The number of aliphatic carboxylic acids is 1. The average Bonchev–Trinajstić information content (AvgIpc) is 2.34. The van der Waals surface area contributed by atoms with Crippen LogP contribution in [0, 0.1) is 19.8 Å². The minimum absolute atomic E-state index is 0.184. The molecule has 0 saturated heterocycles. The summed E-state index contributed by atoms with van der Waals surface area (Å²) in [5.41, 5.74) is 1.88. The van der Waals surface area contributed by atoms with Crippen LogP contribution in [-0.4, -0.2) is 29.6 Å². The van der Waals surface area contributed by atoms with Crippen LogP contribution < -0.4 is 10.1 Å². The van der Waals surface area contributed by atoms with Crippen molar-refractivity contribution < 1.29 is 19.4 Å². The second-order valence-corrected chi connectivity index (χ2v) is 5.14. The number of aryl methyl sites for hydroxylation is 2. The zero-order valence-corrected chi connectivity index (χ0v) is 12.3. The summed E-state index contributed by atoms with van der Waals surface area (Å²) in [4.78, 5) is 22.8. The van der Waals surface area contributed by atoms with Gasteiger partial charge in [-0.1, -0.05) is 32.0 Å². The van der Waals surface area contributed by atoms with Gasteiger partial charge in [-0.15, -0.1) is 0 Å². The lowest BCUT2D eigenvalue weighted by atomic mass is 10.1. The fourth-order valence-corrected chi connectivity index (χ4v) is 1.89. The first kappa shape index (κ1) is 16.0. The Hall–Kier alpha value is -2.04. The quantitative estimate of drug-likeness (QED) is 0.834. The molecular weight excluding hydrogens is 258 g/mol. The van der Waals surface area contributed by atoms with Gasteiger partial charge in [-0.3, -0.25) is 4.79 Å². The van der Waals surface area contributed by atoms with Gasteiger partial charge >= 0.3 is 5.97 Å². The average molecular weight is 279 g/mol.